The maximum Gasteiger partial charge on any atom is 0.236 e. The van der Waals surface area contributed by atoms with Crippen molar-refractivity contribution in [3.05, 3.63) is 23.8 Å². The third-order valence-corrected chi connectivity index (χ3v) is 6.24. The lowest BCUT2D eigenvalue weighted by atomic mass is 9.97. The minimum atomic E-state index is -0.0207. The van der Waals surface area contributed by atoms with Crippen molar-refractivity contribution in [2.24, 2.45) is 5.92 Å². The average Bonchev–Trinajstić information content (AvgIpc) is 2.90. The van der Waals surface area contributed by atoms with Gasteiger partial charge in [0.05, 0.1) is 19.5 Å². The normalized spacial score (nSPS) is 25.1. The zero-order chi connectivity index (χ0) is 17.1. The highest BCUT2D eigenvalue weighted by atomic mass is 32.2. The first-order chi connectivity index (χ1) is 11.6. The van der Waals surface area contributed by atoms with Gasteiger partial charge < -0.3 is 19.7 Å². The molecule has 0 bridgehead atoms. The first-order valence-corrected chi connectivity index (χ1v) is 9.47. The van der Waals surface area contributed by atoms with Gasteiger partial charge in [0.1, 0.15) is 16.9 Å². The van der Waals surface area contributed by atoms with Crippen LogP contribution in [0.5, 0.6) is 11.5 Å². The Labute approximate surface area is 148 Å². The van der Waals surface area contributed by atoms with E-state index in [9.17, 15) is 4.79 Å². The number of carbonyl (C=O) groups is 1. The number of hydrogen-bond donors (Lipinski definition) is 1. The van der Waals surface area contributed by atoms with E-state index < -0.39 is 0 Å². The standard InChI is InChI=1S/C18H26N2O3S/c1-12-17(21)20(11-13-6-8-19-9-7-13)18(24-12)15-10-14(22-2)4-5-16(15)23-3/h4-5,10,12-13,18-19H,6-9,11H2,1-3H3. The topological polar surface area (TPSA) is 50.8 Å². The first-order valence-electron chi connectivity index (χ1n) is 8.52. The molecule has 0 spiro atoms. The Morgan fingerprint density at radius 1 is 1.25 bits per heavy atom. The van der Waals surface area contributed by atoms with Gasteiger partial charge in [0.2, 0.25) is 5.91 Å². The third kappa shape index (κ3) is 3.49. The van der Waals surface area contributed by atoms with Gasteiger partial charge in [-0.15, -0.1) is 11.8 Å². The Morgan fingerprint density at radius 3 is 2.67 bits per heavy atom. The van der Waals surface area contributed by atoms with Crippen LogP contribution in [0.25, 0.3) is 0 Å². The van der Waals surface area contributed by atoms with Crippen LogP contribution in [0.1, 0.15) is 30.7 Å². The predicted molar refractivity (Wildman–Crippen MR) is 96.6 cm³/mol. The number of amides is 1. The zero-order valence-electron chi connectivity index (χ0n) is 14.6. The summed E-state index contributed by atoms with van der Waals surface area (Å²) in [4.78, 5) is 14.8. The van der Waals surface area contributed by atoms with E-state index in [0.717, 1.165) is 49.5 Å². The molecule has 1 aromatic carbocycles. The first kappa shape index (κ1) is 17.4. The summed E-state index contributed by atoms with van der Waals surface area (Å²) in [6, 6.07) is 5.81. The molecular formula is C18H26N2O3S. The number of thioether (sulfide) groups is 1. The number of nitrogens with zero attached hydrogens (tertiary/aromatic N) is 1. The molecule has 5 nitrogen and oxygen atoms in total. The Balaban J connectivity index is 1.87. The van der Waals surface area contributed by atoms with E-state index in [2.05, 4.69) is 5.32 Å². The van der Waals surface area contributed by atoms with Crippen molar-refractivity contribution in [2.45, 2.75) is 30.4 Å². The molecule has 1 N–H and O–H groups in total. The molecule has 24 heavy (non-hydrogen) atoms. The SMILES string of the molecule is COc1ccc(OC)c(C2SC(C)C(=O)N2CC2CCNCC2)c1. The molecule has 1 amide bonds. The fourth-order valence-electron chi connectivity index (χ4n) is 3.48. The molecule has 2 fully saturated rings. The highest BCUT2D eigenvalue weighted by molar-refractivity contribution is 8.01. The van der Waals surface area contributed by atoms with Crippen LogP contribution in [0.3, 0.4) is 0 Å². The van der Waals surface area contributed by atoms with Gasteiger partial charge in [-0.1, -0.05) is 0 Å². The molecule has 2 aliphatic rings. The minimum absolute atomic E-state index is 0.00700. The highest BCUT2D eigenvalue weighted by Crippen LogP contribution is 2.47. The van der Waals surface area contributed by atoms with Crippen molar-refractivity contribution in [1.29, 1.82) is 0 Å². The second-order valence-electron chi connectivity index (χ2n) is 6.42. The predicted octanol–water partition coefficient (Wildman–Crippen LogP) is 2.67. The largest absolute Gasteiger partial charge is 0.497 e. The molecule has 0 aliphatic carbocycles. The average molecular weight is 350 g/mol. The van der Waals surface area contributed by atoms with Crippen molar-refractivity contribution < 1.29 is 14.3 Å². The Hall–Kier alpha value is -1.40. The Morgan fingerprint density at radius 2 is 2.00 bits per heavy atom. The van der Waals surface area contributed by atoms with E-state index >= 15 is 0 Å². The lowest BCUT2D eigenvalue weighted by Gasteiger charge is -2.31. The van der Waals surface area contributed by atoms with Gasteiger partial charge in [-0.3, -0.25) is 4.79 Å². The van der Waals surface area contributed by atoms with Gasteiger partial charge in [0, 0.05) is 12.1 Å². The molecule has 2 atom stereocenters. The number of nitrogens with one attached hydrogen (secondary N) is 1. The summed E-state index contributed by atoms with van der Waals surface area (Å²) in [6.07, 6.45) is 2.26. The van der Waals surface area contributed by atoms with Gasteiger partial charge in [-0.2, -0.15) is 0 Å². The summed E-state index contributed by atoms with van der Waals surface area (Å²) in [5.74, 6) is 2.40. The van der Waals surface area contributed by atoms with Gasteiger partial charge in [-0.25, -0.2) is 0 Å². The second-order valence-corrected chi connectivity index (χ2v) is 7.85. The van der Waals surface area contributed by atoms with E-state index in [1.54, 1.807) is 26.0 Å². The summed E-state index contributed by atoms with van der Waals surface area (Å²) < 4.78 is 10.9. The fourth-order valence-corrected chi connectivity index (χ4v) is 4.78. The number of rotatable bonds is 5. The molecule has 2 saturated heterocycles. The Kier molecular flexibility index (Phi) is 5.56. The monoisotopic (exact) mass is 350 g/mol. The number of carbonyl (C=O) groups excluding carboxylic acids is 1. The molecule has 2 unspecified atom stereocenters. The molecule has 2 aliphatic heterocycles. The van der Waals surface area contributed by atoms with E-state index in [4.69, 9.17) is 9.47 Å². The minimum Gasteiger partial charge on any atom is -0.497 e. The van der Waals surface area contributed by atoms with Gasteiger partial charge in [0.15, 0.2) is 0 Å². The molecule has 2 heterocycles. The molecular weight excluding hydrogens is 324 g/mol. The van der Waals surface area contributed by atoms with Crippen LogP contribution in [0.2, 0.25) is 0 Å². The van der Waals surface area contributed by atoms with Crippen LogP contribution < -0.4 is 14.8 Å². The summed E-state index contributed by atoms with van der Waals surface area (Å²) in [6.45, 7) is 4.91. The zero-order valence-corrected chi connectivity index (χ0v) is 15.4. The van der Waals surface area contributed by atoms with Crippen molar-refractivity contribution >= 4 is 17.7 Å². The maximum atomic E-state index is 12.7. The van der Waals surface area contributed by atoms with Crippen molar-refractivity contribution in [3.8, 4) is 11.5 Å². The molecule has 0 aromatic heterocycles. The summed E-state index contributed by atoms with van der Waals surface area (Å²) >= 11 is 1.70. The van der Waals surface area contributed by atoms with Crippen molar-refractivity contribution in [2.75, 3.05) is 33.9 Å². The summed E-state index contributed by atoms with van der Waals surface area (Å²) in [5, 5.41) is 3.36. The van der Waals surface area contributed by atoms with E-state index in [1.165, 1.54) is 0 Å². The molecule has 1 aromatic rings. The molecule has 3 rings (SSSR count). The summed E-state index contributed by atoms with van der Waals surface area (Å²) in [7, 11) is 3.33. The van der Waals surface area contributed by atoms with Gasteiger partial charge >= 0.3 is 0 Å². The number of hydrogen-bond acceptors (Lipinski definition) is 5. The third-order valence-electron chi connectivity index (χ3n) is 4.86. The maximum absolute atomic E-state index is 12.7. The van der Waals surface area contributed by atoms with Crippen LogP contribution in [0.15, 0.2) is 18.2 Å². The summed E-state index contributed by atoms with van der Waals surface area (Å²) in [5.41, 5.74) is 1.02. The number of methoxy groups -OCH3 is 2. The lowest BCUT2D eigenvalue weighted by molar-refractivity contribution is -0.130. The molecule has 6 heteroatoms. The fraction of sp³-hybridized carbons (Fsp3) is 0.611. The molecule has 132 valence electrons. The van der Waals surface area contributed by atoms with Crippen molar-refractivity contribution in [3.63, 3.8) is 0 Å². The van der Waals surface area contributed by atoms with Gasteiger partial charge in [0.25, 0.3) is 0 Å². The van der Waals surface area contributed by atoms with Crippen LogP contribution in [-0.4, -0.2) is 49.9 Å². The smallest absolute Gasteiger partial charge is 0.236 e. The number of benzene rings is 1. The molecule has 0 radical (unpaired) electrons. The van der Waals surface area contributed by atoms with E-state index in [1.807, 2.05) is 30.0 Å². The van der Waals surface area contributed by atoms with Crippen LogP contribution in [-0.2, 0) is 4.79 Å². The Bertz CT molecular complexity index is 590. The van der Waals surface area contributed by atoms with Crippen LogP contribution in [0.4, 0.5) is 0 Å². The van der Waals surface area contributed by atoms with Crippen LogP contribution >= 0.6 is 11.8 Å². The van der Waals surface area contributed by atoms with Crippen molar-refractivity contribution in [1.82, 2.24) is 10.2 Å². The second kappa shape index (κ2) is 7.66. The lowest BCUT2D eigenvalue weighted by Crippen LogP contribution is -2.39. The quantitative estimate of drug-likeness (QED) is 0.885. The van der Waals surface area contributed by atoms with E-state index in [0.29, 0.717) is 5.92 Å². The van der Waals surface area contributed by atoms with E-state index in [-0.39, 0.29) is 16.5 Å². The van der Waals surface area contributed by atoms with Crippen LogP contribution in [0, 0.1) is 5.92 Å². The number of piperidine rings is 1. The molecule has 0 saturated carbocycles. The number of ether oxygens (including phenoxy) is 2. The van der Waals surface area contributed by atoms with Gasteiger partial charge in [-0.05, 0) is 57.0 Å². The highest BCUT2D eigenvalue weighted by Gasteiger charge is 2.40.